The van der Waals surface area contributed by atoms with Gasteiger partial charge in [0.1, 0.15) is 0 Å². The second-order valence-corrected chi connectivity index (χ2v) is 0.548. The third-order valence-corrected chi connectivity index (χ3v) is 0. The van der Waals surface area contributed by atoms with Crippen LogP contribution in [-0.2, 0) is 4.18 Å². The van der Waals surface area contributed by atoms with Gasteiger partial charge in [0.15, 0.2) is 0 Å². The van der Waals surface area contributed by atoms with Crippen LogP contribution in [0.25, 0.3) is 0 Å². The molecule has 0 aliphatic heterocycles. The van der Waals surface area contributed by atoms with E-state index < -0.39 is 0 Å². The average Bonchev–Trinajstić information content (AvgIpc) is 0.918. The molecule has 0 radical (unpaired) electrons. The lowest BCUT2D eigenvalue weighted by Crippen LogP contribution is -1.40. The van der Waals surface area contributed by atoms with E-state index in [9.17, 15) is 0 Å². The molecule has 0 aromatic rings. The highest BCUT2D eigenvalue weighted by Gasteiger charge is 1.27. The second-order valence-electron chi connectivity index (χ2n) is 0.183. The van der Waals surface area contributed by atoms with E-state index in [2.05, 4.69) is 17.1 Å². The van der Waals surface area contributed by atoms with Crippen LogP contribution in [-0.4, -0.2) is 7.11 Å². The van der Waals surface area contributed by atoms with Crippen molar-refractivity contribution in [2.24, 2.45) is 0 Å². The van der Waals surface area contributed by atoms with E-state index in [1.54, 1.807) is 0 Å². The standard InChI is InChI=1S/CH4OS.ClH/c1-2-3;/h3H,1H3;1H. The number of hydrogen-bond donors (Lipinski definition) is 1. The summed E-state index contributed by atoms with van der Waals surface area (Å²) >= 11 is 3.29. The van der Waals surface area contributed by atoms with Crippen molar-refractivity contribution in [3.05, 3.63) is 0 Å². The molecule has 0 saturated carbocycles. The monoisotopic (exact) mass is 100.0 g/mol. The first kappa shape index (κ1) is 8.82. The smallest absolute Gasteiger partial charge is 0.0500 e. The third-order valence-electron chi connectivity index (χ3n) is 0. The quantitative estimate of drug-likeness (QED) is 0.352. The van der Waals surface area contributed by atoms with Crippen LogP contribution in [0.4, 0.5) is 0 Å². The molecule has 0 spiro atoms. The van der Waals surface area contributed by atoms with E-state index in [1.807, 2.05) is 0 Å². The molecule has 0 atom stereocenters. The minimum absolute atomic E-state index is 0. The van der Waals surface area contributed by atoms with E-state index in [4.69, 9.17) is 0 Å². The fourth-order valence-electron chi connectivity index (χ4n) is 0. The van der Waals surface area contributed by atoms with Gasteiger partial charge >= 0.3 is 0 Å². The maximum atomic E-state index is 3.94. The third kappa shape index (κ3) is 18.5. The Labute approximate surface area is 37.4 Å². The van der Waals surface area contributed by atoms with Crippen molar-refractivity contribution < 1.29 is 4.18 Å². The summed E-state index contributed by atoms with van der Waals surface area (Å²) in [6.07, 6.45) is 0. The molecule has 0 aliphatic rings. The fourth-order valence-corrected chi connectivity index (χ4v) is 0. The molecule has 0 aromatic heterocycles. The highest BCUT2D eigenvalue weighted by atomic mass is 35.5. The van der Waals surface area contributed by atoms with E-state index >= 15 is 0 Å². The highest BCUT2D eigenvalue weighted by Crippen LogP contribution is 1.57. The predicted molar refractivity (Wildman–Crippen MR) is 23.2 cm³/mol. The molecule has 0 fully saturated rings. The van der Waals surface area contributed by atoms with E-state index in [0.29, 0.717) is 0 Å². The molecule has 0 saturated heterocycles. The Bertz CT molecular complexity index is 8.00. The molecule has 0 bridgehead atoms. The lowest BCUT2D eigenvalue weighted by Gasteiger charge is -1.58. The molecular weight excluding hydrogens is 95.5 g/mol. The maximum Gasteiger partial charge on any atom is 0.0500 e. The highest BCUT2D eigenvalue weighted by molar-refractivity contribution is 7.75. The SMILES string of the molecule is COS.Cl. The molecule has 28 valence electrons. The number of thiol groups is 1. The Morgan fingerprint density at radius 3 is 1.75 bits per heavy atom. The molecular formula is CH5ClOS. The Balaban J connectivity index is 0. The zero-order valence-electron chi connectivity index (χ0n) is 2.26. The first-order valence-electron chi connectivity index (χ1n) is 0.591. The van der Waals surface area contributed by atoms with Crippen molar-refractivity contribution in [2.75, 3.05) is 7.11 Å². The maximum absolute atomic E-state index is 3.94. The first-order chi connectivity index (χ1) is 1.41. The zero-order valence-corrected chi connectivity index (χ0v) is 3.97. The molecule has 0 rings (SSSR count). The van der Waals surface area contributed by atoms with Crippen LogP contribution in [0.15, 0.2) is 0 Å². The zero-order chi connectivity index (χ0) is 2.71. The summed E-state index contributed by atoms with van der Waals surface area (Å²) in [4.78, 5) is 0. The van der Waals surface area contributed by atoms with Crippen LogP contribution in [0.5, 0.6) is 0 Å². The van der Waals surface area contributed by atoms with Crippen LogP contribution in [0.1, 0.15) is 0 Å². The van der Waals surface area contributed by atoms with Crippen molar-refractivity contribution in [1.82, 2.24) is 0 Å². The topological polar surface area (TPSA) is 9.23 Å². The molecule has 0 N–H and O–H groups in total. The normalized spacial score (nSPS) is 4.50. The van der Waals surface area contributed by atoms with Gasteiger partial charge in [-0.15, -0.1) is 12.4 Å². The molecule has 0 heterocycles. The van der Waals surface area contributed by atoms with Gasteiger partial charge in [-0.1, -0.05) is 0 Å². The van der Waals surface area contributed by atoms with Crippen molar-refractivity contribution in [3.8, 4) is 0 Å². The van der Waals surface area contributed by atoms with Gasteiger partial charge in [0.05, 0.1) is 0 Å². The van der Waals surface area contributed by atoms with Gasteiger partial charge in [-0.25, -0.2) is 0 Å². The van der Waals surface area contributed by atoms with Crippen molar-refractivity contribution >= 4 is 25.3 Å². The molecule has 3 heteroatoms. The van der Waals surface area contributed by atoms with Gasteiger partial charge < -0.3 is 4.18 Å². The first-order valence-corrected chi connectivity index (χ1v) is 0.956. The summed E-state index contributed by atoms with van der Waals surface area (Å²) < 4.78 is 3.94. The van der Waals surface area contributed by atoms with Crippen molar-refractivity contribution in [3.63, 3.8) is 0 Å². The molecule has 0 aromatic carbocycles. The van der Waals surface area contributed by atoms with Crippen LogP contribution >= 0.6 is 25.3 Å². The Morgan fingerprint density at radius 2 is 1.75 bits per heavy atom. The Morgan fingerprint density at radius 1 is 1.75 bits per heavy atom. The van der Waals surface area contributed by atoms with Crippen LogP contribution in [0.3, 0.4) is 0 Å². The van der Waals surface area contributed by atoms with Gasteiger partial charge in [0.25, 0.3) is 0 Å². The Hall–Kier alpha value is 0.600. The Kier molecular flexibility index (Phi) is 21.0. The van der Waals surface area contributed by atoms with Gasteiger partial charge in [0.2, 0.25) is 0 Å². The molecule has 0 unspecified atom stereocenters. The minimum atomic E-state index is 0. The van der Waals surface area contributed by atoms with Gasteiger partial charge in [-0.3, -0.25) is 0 Å². The molecule has 0 aliphatic carbocycles. The van der Waals surface area contributed by atoms with Gasteiger partial charge in [-0.05, 0) is 12.9 Å². The minimum Gasteiger partial charge on any atom is -0.322 e. The summed E-state index contributed by atoms with van der Waals surface area (Å²) in [5, 5.41) is 0. The largest absolute Gasteiger partial charge is 0.322 e. The summed E-state index contributed by atoms with van der Waals surface area (Å²) in [6.45, 7) is 0. The van der Waals surface area contributed by atoms with Crippen LogP contribution in [0.2, 0.25) is 0 Å². The summed E-state index contributed by atoms with van der Waals surface area (Å²) in [5.74, 6) is 0. The number of hydrogen-bond acceptors (Lipinski definition) is 2. The van der Waals surface area contributed by atoms with E-state index in [-0.39, 0.29) is 12.4 Å². The van der Waals surface area contributed by atoms with Gasteiger partial charge in [-0.2, -0.15) is 0 Å². The fraction of sp³-hybridized carbons (Fsp3) is 1.00. The summed E-state index contributed by atoms with van der Waals surface area (Å²) in [7, 11) is 1.49. The molecule has 1 nitrogen and oxygen atoms in total. The summed E-state index contributed by atoms with van der Waals surface area (Å²) in [6, 6.07) is 0. The van der Waals surface area contributed by atoms with E-state index in [1.165, 1.54) is 7.11 Å². The predicted octanol–water partition coefficient (Wildman–Crippen LogP) is 0.899. The van der Waals surface area contributed by atoms with Crippen LogP contribution < -0.4 is 0 Å². The van der Waals surface area contributed by atoms with Gasteiger partial charge in [0, 0.05) is 7.11 Å². The van der Waals surface area contributed by atoms with E-state index in [0.717, 1.165) is 0 Å². The lowest BCUT2D eigenvalue weighted by atomic mass is 11.8. The van der Waals surface area contributed by atoms with Crippen LogP contribution in [0, 0.1) is 0 Å². The van der Waals surface area contributed by atoms with Crippen molar-refractivity contribution in [2.45, 2.75) is 0 Å². The molecule has 0 amide bonds. The lowest BCUT2D eigenvalue weighted by molar-refractivity contribution is 0.500. The number of rotatable bonds is 0. The second kappa shape index (κ2) is 9.51. The van der Waals surface area contributed by atoms with Crippen molar-refractivity contribution in [1.29, 1.82) is 0 Å². The number of halogens is 1. The molecule has 4 heavy (non-hydrogen) atoms. The summed E-state index contributed by atoms with van der Waals surface area (Å²) in [5.41, 5.74) is 0. The average molecular weight is 101 g/mol.